The Morgan fingerprint density at radius 1 is 0.625 bits per heavy atom. The van der Waals surface area contributed by atoms with E-state index in [0.29, 0.717) is 63.5 Å². The van der Waals surface area contributed by atoms with E-state index in [-0.39, 0.29) is 47.5 Å². The van der Waals surface area contributed by atoms with Gasteiger partial charge in [-0.2, -0.15) is 0 Å². The Labute approximate surface area is 282 Å². The van der Waals surface area contributed by atoms with Crippen LogP contribution in [0.15, 0.2) is 34.9 Å². The number of aromatic nitrogens is 3. The number of carbonyl (C=O) groups excluding carboxylic acids is 3. The van der Waals surface area contributed by atoms with Crippen molar-refractivity contribution in [2.45, 2.75) is 151 Å². The number of allylic oxidation sites excluding steroid dienone is 1. The molecule has 1 aromatic rings. The zero-order chi connectivity index (χ0) is 35.9. The number of hydrogen-bond donors (Lipinski definition) is 0. The summed E-state index contributed by atoms with van der Waals surface area (Å²) >= 11 is 0. The quantitative estimate of drug-likeness (QED) is 0.276. The number of rotatable bonds is 8. The summed E-state index contributed by atoms with van der Waals surface area (Å²) in [5, 5.41) is 0. The van der Waals surface area contributed by atoms with Gasteiger partial charge in [0, 0.05) is 18.8 Å². The van der Waals surface area contributed by atoms with E-state index in [1.807, 2.05) is 13.8 Å². The highest BCUT2D eigenvalue weighted by molar-refractivity contribution is 5.49. The van der Waals surface area contributed by atoms with Gasteiger partial charge in [-0.05, 0) is 97.4 Å². The van der Waals surface area contributed by atoms with Crippen LogP contribution in [0.4, 0.5) is 0 Å². The third-order valence-corrected chi connectivity index (χ3v) is 10.7. The molecule has 1 aromatic heterocycles. The Kier molecular flexibility index (Phi) is 10.3. The van der Waals surface area contributed by atoms with E-state index >= 15 is 0 Å². The zero-order valence-electron chi connectivity index (χ0n) is 30.1. The minimum atomic E-state index is -0.720. The van der Waals surface area contributed by atoms with Crippen LogP contribution in [0.5, 0.6) is 0 Å². The van der Waals surface area contributed by atoms with Crippen LogP contribution in [0.1, 0.15) is 120 Å². The highest BCUT2D eigenvalue weighted by Crippen LogP contribution is 2.49. The van der Waals surface area contributed by atoms with Crippen molar-refractivity contribution in [3.8, 4) is 0 Å². The summed E-state index contributed by atoms with van der Waals surface area (Å²) in [6, 6.07) is -0.942. The predicted octanol–water partition coefficient (Wildman–Crippen LogP) is 5.16. The van der Waals surface area contributed by atoms with Gasteiger partial charge < -0.3 is 0 Å². The maximum Gasteiger partial charge on any atom is 0.340 e. The molecule has 5 atom stereocenters. The molecule has 262 valence electrons. The van der Waals surface area contributed by atoms with Crippen molar-refractivity contribution in [1.29, 1.82) is 0 Å². The Bertz CT molecular complexity index is 1700. The van der Waals surface area contributed by atoms with Crippen LogP contribution in [-0.4, -0.2) is 50.1 Å². The molecule has 0 spiro atoms. The van der Waals surface area contributed by atoms with Crippen molar-refractivity contribution in [3.63, 3.8) is 0 Å². The first kappa shape index (κ1) is 37.1. The molecule has 3 fully saturated rings. The second kappa shape index (κ2) is 13.3. The highest BCUT2D eigenvalue weighted by atomic mass is 16.2. The van der Waals surface area contributed by atoms with E-state index in [9.17, 15) is 28.8 Å². The summed E-state index contributed by atoms with van der Waals surface area (Å²) in [5.41, 5.74) is -2.74. The average Bonchev–Trinajstić information content (AvgIpc) is 2.91. The molecule has 0 amide bonds. The maximum absolute atomic E-state index is 14.5. The van der Waals surface area contributed by atoms with E-state index in [1.165, 1.54) is 9.13 Å². The standard InChI is InChI=1S/C36H52N6O6/c1-24(25-10-26(37-21-43)12-32(2,3)11-25)42-30(47)40(19-35(8)15-27(38-22-44)13-33(4,5)17-35)29(46)41(31(42)48)20-36(9)16-28(39-23-45)14-34(6,7)18-36/h26-28H,10-20H2,1-9H3/b25-24+. The van der Waals surface area contributed by atoms with E-state index < -0.39 is 27.9 Å². The maximum atomic E-state index is 14.5. The minimum absolute atomic E-state index is 0.0334. The molecule has 12 nitrogen and oxygen atoms in total. The predicted molar refractivity (Wildman–Crippen MR) is 183 cm³/mol. The van der Waals surface area contributed by atoms with Gasteiger partial charge in [-0.25, -0.2) is 57.4 Å². The molecule has 3 aliphatic carbocycles. The molecule has 0 aromatic carbocycles. The molecule has 5 unspecified atom stereocenters. The normalized spacial score (nSPS) is 31.8. The number of nitrogens with zero attached hydrogens (tertiary/aromatic N) is 6. The van der Waals surface area contributed by atoms with Gasteiger partial charge in [-0.15, -0.1) is 0 Å². The van der Waals surface area contributed by atoms with Crippen molar-refractivity contribution in [2.24, 2.45) is 42.1 Å². The van der Waals surface area contributed by atoms with Crippen LogP contribution in [0.2, 0.25) is 0 Å². The highest BCUT2D eigenvalue weighted by Gasteiger charge is 2.44. The van der Waals surface area contributed by atoms with Crippen LogP contribution in [0.3, 0.4) is 0 Å². The second-order valence-corrected chi connectivity index (χ2v) is 18.0. The summed E-state index contributed by atoms with van der Waals surface area (Å²) in [4.78, 5) is 89.2. The van der Waals surface area contributed by atoms with Gasteiger partial charge in [0.2, 0.25) is 18.2 Å². The Morgan fingerprint density at radius 2 is 1.02 bits per heavy atom. The monoisotopic (exact) mass is 664 g/mol. The largest absolute Gasteiger partial charge is 0.340 e. The molecular weight excluding hydrogens is 612 g/mol. The molecule has 3 saturated carbocycles. The lowest BCUT2D eigenvalue weighted by molar-refractivity contribution is 0.0590. The van der Waals surface area contributed by atoms with Gasteiger partial charge in [0.05, 0.1) is 18.1 Å². The molecular formula is C36H52N6O6. The summed E-state index contributed by atoms with van der Waals surface area (Å²) in [6.07, 6.45) is 10.4. The number of aliphatic imine (C=N–C) groups is 3. The molecule has 1 heterocycles. The first-order valence-electron chi connectivity index (χ1n) is 17.0. The molecule has 0 radical (unpaired) electrons. The molecule has 4 rings (SSSR count). The lowest BCUT2D eigenvalue weighted by atomic mass is 9.62. The van der Waals surface area contributed by atoms with Crippen molar-refractivity contribution in [3.05, 3.63) is 37.0 Å². The van der Waals surface area contributed by atoms with Crippen LogP contribution >= 0.6 is 0 Å². The average molecular weight is 665 g/mol. The zero-order valence-corrected chi connectivity index (χ0v) is 30.1. The van der Waals surface area contributed by atoms with Crippen LogP contribution in [0.25, 0.3) is 5.70 Å². The van der Waals surface area contributed by atoms with Gasteiger partial charge >= 0.3 is 17.1 Å². The van der Waals surface area contributed by atoms with Gasteiger partial charge in [-0.3, -0.25) is 0 Å². The first-order chi connectivity index (χ1) is 22.1. The lowest BCUT2D eigenvalue weighted by Gasteiger charge is -2.46. The lowest BCUT2D eigenvalue weighted by Crippen LogP contribution is -2.58. The third kappa shape index (κ3) is 8.28. The fourth-order valence-electron chi connectivity index (χ4n) is 10.00. The topological polar surface area (TPSA) is 154 Å². The molecule has 48 heavy (non-hydrogen) atoms. The van der Waals surface area contributed by atoms with Gasteiger partial charge in [-0.1, -0.05) is 55.4 Å². The molecule has 3 aliphatic rings. The third-order valence-electron chi connectivity index (χ3n) is 10.7. The van der Waals surface area contributed by atoms with Crippen LogP contribution < -0.4 is 17.1 Å². The van der Waals surface area contributed by atoms with E-state index in [1.54, 1.807) is 25.2 Å². The summed E-state index contributed by atoms with van der Waals surface area (Å²) in [5.74, 6) is 0. The van der Waals surface area contributed by atoms with Gasteiger partial charge in [0.25, 0.3) is 0 Å². The molecule has 12 heteroatoms. The van der Waals surface area contributed by atoms with E-state index in [4.69, 9.17) is 0 Å². The van der Waals surface area contributed by atoms with Crippen molar-refractivity contribution in [1.82, 2.24) is 13.7 Å². The molecule has 0 saturated heterocycles. The van der Waals surface area contributed by atoms with Crippen molar-refractivity contribution >= 4 is 23.9 Å². The molecule has 0 N–H and O–H groups in total. The molecule has 0 aliphatic heterocycles. The summed E-state index contributed by atoms with van der Waals surface area (Å²) in [7, 11) is 0. The van der Waals surface area contributed by atoms with E-state index in [0.717, 1.165) is 10.1 Å². The summed E-state index contributed by atoms with van der Waals surface area (Å²) in [6.45, 7) is 18.2. The van der Waals surface area contributed by atoms with Crippen LogP contribution in [-0.2, 0) is 27.5 Å². The fraction of sp³-hybridized carbons (Fsp3) is 0.778. The van der Waals surface area contributed by atoms with Crippen molar-refractivity contribution < 1.29 is 14.4 Å². The van der Waals surface area contributed by atoms with Gasteiger partial charge in [0.15, 0.2) is 0 Å². The number of hydrogen-bond acceptors (Lipinski definition) is 9. The molecule has 0 bridgehead atoms. The smallest absolute Gasteiger partial charge is 0.247 e. The first-order valence-corrected chi connectivity index (χ1v) is 17.0. The summed E-state index contributed by atoms with van der Waals surface area (Å²) < 4.78 is 3.49. The SMILES string of the molecule is C/C(=C1/CC(N=C=O)CC(C)(C)C1)n1c(=O)n(CC2(C)CC(N=C=O)CC(C)(C)C2)c(=O)n(CC2(C)CC(N=C=O)CC(C)(C)C2)c1=O. The Hall–Kier alpha value is -3.71. The van der Waals surface area contributed by atoms with Gasteiger partial charge in [0.1, 0.15) is 0 Å². The minimum Gasteiger partial charge on any atom is -0.247 e. The Balaban J connectivity index is 1.95. The second-order valence-electron chi connectivity index (χ2n) is 18.0. The van der Waals surface area contributed by atoms with E-state index in [2.05, 4.69) is 56.5 Å². The van der Waals surface area contributed by atoms with Crippen LogP contribution in [0, 0.1) is 27.1 Å². The fourth-order valence-corrected chi connectivity index (χ4v) is 10.00. The number of isocyanates is 3. The van der Waals surface area contributed by atoms with Crippen molar-refractivity contribution in [2.75, 3.05) is 0 Å². The Morgan fingerprint density at radius 3 is 1.44 bits per heavy atom.